The molecule has 1 aliphatic carbocycles. The van der Waals surface area contributed by atoms with Crippen molar-refractivity contribution in [3.8, 4) is 0 Å². The highest BCUT2D eigenvalue weighted by Crippen LogP contribution is 2.38. The van der Waals surface area contributed by atoms with E-state index >= 15 is 0 Å². The number of hydrogen-bond donors (Lipinski definition) is 2. The van der Waals surface area contributed by atoms with E-state index in [0.29, 0.717) is 5.96 Å². The summed E-state index contributed by atoms with van der Waals surface area (Å²) in [5, 5.41) is 3.27. The zero-order valence-electron chi connectivity index (χ0n) is 15.1. The summed E-state index contributed by atoms with van der Waals surface area (Å²) in [4.78, 5) is 7.05. The molecule has 0 amide bonds. The van der Waals surface area contributed by atoms with E-state index in [2.05, 4.69) is 29.1 Å². The van der Waals surface area contributed by atoms with E-state index in [1.165, 1.54) is 32.1 Å². The maximum atomic E-state index is 6.03. The van der Waals surface area contributed by atoms with Gasteiger partial charge in [0.2, 0.25) is 0 Å². The molecule has 1 heterocycles. The van der Waals surface area contributed by atoms with Gasteiger partial charge in [0.1, 0.15) is 0 Å². The van der Waals surface area contributed by atoms with Gasteiger partial charge in [-0.3, -0.25) is 9.89 Å². The van der Waals surface area contributed by atoms with Crippen LogP contribution in [0.1, 0.15) is 52.4 Å². The molecule has 1 saturated heterocycles. The van der Waals surface area contributed by atoms with Crippen molar-refractivity contribution in [1.29, 1.82) is 0 Å². The Morgan fingerprint density at radius 3 is 2.61 bits per heavy atom. The van der Waals surface area contributed by atoms with Gasteiger partial charge in [0.25, 0.3) is 0 Å². The predicted octanol–water partition coefficient (Wildman–Crippen LogP) is 2.22. The zero-order valence-corrected chi connectivity index (χ0v) is 15.1. The van der Waals surface area contributed by atoms with Gasteiger partial charge in [-0.05, 0) is 37.1 Å². The minimum Gasteiger partial charge on any atom is -0.379 e. The number of nitrogens with zero attached hydrogens (tertiary/aromatic N) is 2. The molecule has 0 aromatic carbocycles. The Hall–Kier alpha value is -0.810. The molecule has 2 rings (SSSR count). The minimum atomic E-state index is 0.264. The van der Waals surface area contributed by atoms with Crippen molar-refractivity contribution in [2.24, 2.45) is 22.1 Å². The zero-order chi connectivity index (χ0) is 16.5. The second kappa shape index (κ2) is 9.48. The van der Waals surface area contributed by atoms with Crippen molar-refractivity contribution >= 4 is 5.96 Å². The van der Waals surface area contributed by atoms with Gasteiger partial charge in [-0.2, -0.15) is 0 Å². The average molecular weight is 325 g/mol. The molecular formula is C18H36N4O. The van der Waals surface area contributed by atoms with Gasteiger partial charge in [0, 0.05) is 26.2 Å². The van der Waals surface area contributed by atoms with Gasteiger partial charge in [-0.1, -0.05) is 33.1 Å². The molecule has 3 N–H and O–H groups in total. The first-order valence-corrected chi connectivity index (χ1v) is 9.42. The summed E-state index contributed by atoms with van der Waals surface area (Å²) < 4.78 is 5.36. The Labute approximate surface area is 142 Å². The molecule has 0 atom stereocenters. The molecule has 23 heavy (non-hydrogen) atoms. The summed E-state index contributed by atoms with van der Waals surface area (Å²) in [6, 6.07) is 0. The Bertz CT molecular complexity index is 358. The van der Waals surface area contributed by atoms with E-state index in [1.807, 2.05) is 0 Å². The van der Waals surface area contributed by atoms with Gasteiger partial charge in [-0.25, -0.2) is 0 Å². The fourth-order valence-corrected chi connectivity index (χ4v) is 3.70. The Morgan fingerprint density at radius 1 is 1.22 bits per heavy atom. The third-order valence-electron chi connectivity index (χ3n) is 5.43. The first-order chi connectivity index (χ1) is 11.1. The lowest BCUT2D eigenvalue weighted by molar-refractivity contribution is 0.0376. The molecule has 5 nitrogen and oxygen atoms in total. The first-order valence-electron chi connectivity index (χ1n) is 9.42. The third-order valence-corrected chi connectivity index (χ3v) is 5.43. The fourth-order valence-electron chi connectivity index (χ4n) is 3.70. The summed E-state index contributed by atoms with van der Waals surface area (Å²) in [6.07, 6.45) is 7.98. The smallest absolute Gasteiger partial charge is 0.188 e. The third kappa shape index (κ3) is 6.68. The van der Waals surface area contributed by atoms with E-state index in [-0.39, 0.29) is 5.41 Å². The maximum Gasteiger partial charge on any atom is 0.188 e. The van der Waals surface area contributed by atoms with Crippen molar-refractivity contribution < 1.29 is 4.74 Å². The van der Waals surface area contributed by atoms with Crippen LogP contribution in [0, 0.1) is 11.3 Å². The standard InChI is InChI=1S/C18H36N4O/c1-18(2,16-7-4-3-5-8-16)15-21-17(19)20-9-6-10-22-11-13-23-14-12-22/h16H,3-15H2,1-2H3,(H3,19,20,21). The number of nitrogens with two attached hydrogens (primary N) is 1. The van der Waals surface area contributed by atoms with Crippen LogP contribution in [0.25, 0.3) is 0 Å². The largest absolute Gasteiger partial charge is 0.379 e. The number of nitrogens with one attached hydrogen (secondary N) is 1. The highest BCUT2D eigenvalue weighted by atomic mass is 16.5. The van der Waals surface area contributed by atoms with E-state index in [0.717, 1.165) is 58.3 Å². The lowest BCUT2D eigenvalue weighted by Crippen LogP contribution is -2.39. The summed E-state index contributed by atoms with van der Waals surface area (Å²) in [7, 11) is 0. The number of aliphatic imine (C=N–C) groups is 1. The molecule has 5 heteroatoms. The first kappa shape index (κ1) is 18.5. The summed E-state index contributed by atoms with van der Waals surface area (Å²) in [5.74, 6) is 1.41. The number of hydrogen-bond acceptors (Lipinski definition) is 3. The van der Waals surface area contributed by atoms with Gasteiger partial charge in [0.05, 0.1) is 13.2 Å². The Balaban J connectivity index is 1.61. The Morgan fingerprint density at radius 2 is 1.91 bits per heavy atom. The minimum absolute atomic E-state index is 0.264. The topological polar surface area (TPSA) is 62.9 Å². The lowest BCUT2D eigenvalue weighted by atomic mass is 9.71. The van der Waals surface area contributed by atoms with Crippen LogP contribution in [0.5, 0.6) is 0 Å². The number of guanidine groups is 1. The SMILES string of the molecule is CC(C)(CN=C(N)NCCCN1CCOCC1)C1CCCCC1. The number of morpholine rings is 1. The molecule has 0 aromatic rings. The molecule has 2 aliphatic rings. The molecule has 0 bridgehead atoms. The molecule has 134 valence electrons. The molecule has 0 aromatic heterocycles. The highest BCUT2D eigenvalue weighted by molar-refractivity contribution is 5.77. The van der Waals surface area contributed by atoms with Crippen LogP contribution in [0.15, 0.2) is 4.99 Å². The second-order valence-electron chi connectivity index (χ2n) is 7.76. The highest BCUT2D eigenvalue weighted by Gasteiger charge is 2.30. The van der Waals surface area contributed by atoms with Crippen molar-refractivity contribution in [3.05, 3.63) is 0 Å². The average Bonchev–Trinajstić information content (AvgIpc) is 2.59. The predicted molar refractivity (Wildman–Crippen MR) is 96.7 cm³/mol. The Kier molecular flexibility index (Phi) is 7.63. The van der Waals surface area contributed by atoms with Gasteiger partial charge >= 0.3 is 0 Å². The molecule has 0 radical (unpaired) electrons. The van der Waals surface area contributed by atoms with Crippen LogP contribution < -0.4 is 11.1 Å². The van der Waals surface area contributed by atoms with Crippen LogP contribution in [0.2, 0.25) is 0 Å². The fraction of sp³-hybridized carbons (Fsp3) is 0.944. The van der Waals surface area contributed by atoms with Crippen LogP contribution in [0.3, 0.4) is 0 Å². The lowest BCUT2D eigenvalue weighted by Gasteiger charge is -2.36. The van der Waals surface area contributed by atoms with Crippen molar-refractivity contribution in [2.45, 2.75) is 52.4 Å². The molecule has 0 spiro atoms. The van der Waals surface area contributed by atoms with E-state index in [1.54, 1.807) is 0 Å². The second-order valence-corrected chi connectivity index (χ2v) is 7.76. The molecule has 1 saturated carbocycles. The van der Waals surface area contributed by atoms with E-state index in [4.69, 9.17) is 10.5 Å². The molecular weight excluding hydrogens is 288 g/mol. The van der Waals surface area contributed by atoms with Crippen LogP contribution >= 0.6 is 0 Å². The molecule has 1 aliphatic heterocycles. The van der Waals surface area contributed by atoms with Gasteiger partial charge in [-0.15, -0.1) is 0 Å². The number of ether oxygens (including phenoxy) is 1. The van der Waals surface area contributed by atoms with Crippen molar-refractivity contribution in [3.63, 3.8) is 0 Å². The van der Waals surface area contributed by atoms with Crippen LogP contribution in [-0.4, -0.2) is 56.8 Å². The monoisotopic (exact) mass is 324 g/mol. The molecule has 2 fully saturated rings. The molecule has 0 unspecified atom stereocenters. The summed E-state index contributed by atoms with van der Waals surface area (Å²) >= 11 is 0. The van der Waals surface area contributed by atoms with E-state index in [9.17, 15) is 0 Å². The van der Waals surface area contributed by atoms with Crippen LogP contribution in [0.4, 0.5) is 0 Å². The van der Waals surface area contributed by atoms with Crippen molar-refractivity contribution in [1.82, 2.24) is 10.2 Å². The quantitative estimate of drug-likeness (QED) is 0.428. The maximum absolute atomic E-state index is 6.03. The number of rotatable bonds is 7. The summed E-state index contributed by atoms with van der Waals surface area (Å²) in [6.45, 7) is 11.4. The van der Waals surface area contributed by atoms with Crippen molar-refractivity contribution in [2.75, 3.05) is 45.9 Å². The van der Waals surface area contributed by atoms with Gasteiger partial charge < -0.3 is 15.8 Å². The van der Waals surface area contributed by atoms with E-state index < -0.39 is 0 Å². The van der Waals surface area contributed by atoms with Crippen LogP contribution in [-0.2, 0) is 4.74 Å². The summed E-state index contributed by atoms with van der Waals surface area (Å²) in [5.41, 5.74) is 6.30. The normalized spacial score (nSPS) is 22.3. The van der Waals surface area contributed by atoms with Gasteiger partial charge in [0.15, 0.2) is 5.96 Å².